The van der Waals surface area contributed by atoms with Crippen molar-refractivity contribution < 1.29 is 17.9 Å². The van der Waals surface area contributed by atoms with Gasteiger partial charge in [0.2, 0.25) is 0 Å². The van der Waals surface area contributed by atoms with Crippen LogP contribution in [0, 0.1) is 0 Å². The Kier molecular flexibility index (Phi) is 5.48. The molecule has 3 rings (SSSR count). The molecule has 1 aromatic carbocycles. The number of nitrogens with zero attached hydrogens (tertiary/aromatic N) is 2. The maximum Gasteiger partial charge on any atom is 0.305 e. The third kappa shape index (κ3) is 3.76. The number of nitrogens with two attached hydrogens (primary N) is 2. The number of esters is 1. The fraction of sp³-hybridized carbons (Fsp3) is 0.222. The molecule has 0 radical (unpaired) electrons. The maximum absolute atomic E-state index is 13.3. The number of rotatable bonds is 6. The highest BCUT2D eigenvalue weighted by Crippen LogP contribution is 2.29. The fourth-order valence-electron chi connectivity index (χ4n) is 2.88. The molecule has 0 aliphatic rings. The summed E-state index contributed by atoms with van der Waals surface area (Å²) in [4.78, 5) is 15.6. The Morgan fingerprint density at radius 3 is 2.61 bits per heavy atom. The monoisotopic (exact) mass is 422 g/mol. The van der Waals surface area contributed by atoms with Crippen molar-refractivity contribution in [3.63, 3.8) is 0 Å². The minimum atomic E-state index is -3.98. The molecule has 28 heavy (non-hydrogen) atoms. The normalized spacial score (nSPS) is 11.6. The van der Waals surface area contributed by atoms with Gasteiger partial charge in [-0.25, -0.2) is 17.4 Å². The Morgan fingerprint density at radius 1 is 1.18 bits per heavy atom. The van der Waals surface area contributed by atoms with Gasteiger partial charge in [0, 0.05) is 12.1 Å². The van der Waals surface area contributed by atoms with E-state index in [9.17, 15) is 13.2 Å². The molecule has 0 bridgehead atoms. The summed E-state index contributed by atoms with van der Waals surface area (Å²) in [6.07, 6.45) is 0.907. The average Bonchev–Trinajstić information content (AvgIpc) is 3.01. The molecule has 0 aliphatic carbocycles. The molecule has 0 amide bonds. The summed E-state index contributed by atoms with van der Waals surface area (Å²) < 4.78 is 32.5. The first-order chi connectivity index (χ1) is 13.2. The molecule has 4 N–H and O–H groups in total. The number of pyridine rings is 1. The van der Waals surface area contributed by atoms with Crippen LogP contribution in [0.25, 0.3) is 11.0 Å². The lowest BCUT2D eigenvalue weighted by molar-refractivity contribution is -0.140. The van der Waals surface area contributed by atoms with Gasteiger partial charge in [0.25, 0.3) is 10.0 Å². The summed E-state index contributed by atoms with van der Waals surface area (Å²) in [5.41, 5.74) is 13.3. The van der Waals surface area contributed by atoms with E-state index in [-0.39, 0.29) is 28.1 Å². The van der Waals surface area contributed by atoms with Crippen LogP contribution in [0.1, 0.15) is 18.5 Å². The van der Waals surface area contributed by atoms with E-state index in [1.54, 1.807) is 12.1 Å². The summed E-state index contributed by atoms with van der Waals surface area (Å²) in [7, 11) is -2.67. The summed E-state index contributed by atoms with van der Waals surface area (Å²) >= 11 is 5.95. The number of aryl methyl sites for hydroxylation is 1. The Bertz CT molecular complexity index is 1160. The Morgan fingerprint density at radius 2 is 1.93 bits per heavy atom. The van der Waals surface area contributed by atoms with Gasteiger partial charge in [-0.2, -0.15) is 0 Å². The van der Waals surface area contributed by atoms with E-state index in [0.29, 0.717) is 35.3 Å². The molecule has 0 aliphatic heterocycles. The molecular formula is C18H19ClN4O4S. The molecule has 3 aromatic rings. The van der Waals surface area contributed by atoms with Crippen molar-refractivity contribution in [3.8, 4) is 0 Å². The Hall–Kier alpha value is -2.78. The fourth-order valence-corrected chi connectivity index (χ4v) is 4.63. The SMILES string of the molecule is COC(=O)CCCc1cc2nc(Cl)ccc2n1S(=O)(=O)c1ccc(N)c(N)c1. The molecule has 0 spiro atoms. The zero-order valence-electron chi connectivity index (χ0n) is 15.1. The standard InChI is InChI=1S/C18H19ClN4O4S/c1-27-18(24)4-2-3-11-9-15-16(7-8-17(19)22-15)23(11)28(25,26)12-5-6-13(20)14(21)10-12/h5-10H,2-4,20-21H2,1H3. The van der Waals surface area contributed by atoms with E-state index in [1.807, 2.05) is 0 Å². The Balaban J connectivity index is 2.12. The van der Waals surface area contributed by atoms with Gasteiger partial charge >= 0.3 is 5.97 Å². The Labute approximate surface area is 167 Å². The maximum atomic E-state index is 13.3. The number of methoxy groups -OCH3 is 1. The molecule has 0 saturated heterocycles. The van der Waals surface area contributed by atoms with Crippen molar-refractivity contribution in [1.29, 1.82) is 0 Å². The van der Waals surface area contributed by atoms with Gasteiger partial charge in [-0.15, -0.1) is 0 Å². The molecule has 10 heteroatoms. The van der Waals surface area contributed by atoms with Crippen LogP contribution in [-0.2, 0) is 26.0 Å². The number of carbonyl (C=O) groups excluding carboxylic acids is 1. The molecule has 0 unspecified atom stereocenters. The zero-order chi connectivity index (χ0) is 20.5. The largest absolute Gasteiger partial charge is 0.469 e. The van der Waals surface area contributed by atoms with Gasteiger partial charge in [0.15, 0.2) is 0 Å². The number of halogens is 1. The van der Waals surface area contributed by atoms with Gasteiger partial charge in [0.1, 0.15) is 5.15 Å². The topological polar surface area (TPSA) is 130 Å². The first-order valence-corrected chi connectivity index (χ1v) is 10.2. The van der Waals surface area contributed by atoms with Gasteiger partial charge in [-0.05, 0) is 49.2 Å². The lowest BCUT2D eigenvalue weighted by Gasteiger charge is -2.13. The minimum absolute atomic E-state index is 0.000804. The number of fused-ring (bicyclic) bond motifs is 1. The van der Waals surface area contributed by atoms with Crippen LogP contribution in [0.15, 0.2) is 41.3 Å². The number of anilines is 2. The zero-order valence-corrected chi connectivity index (χ0v) is 16.6. The van der Waals surface area contributed by atoms with Crippen LogP contribution in [0.5, 0.6) is 0 Å². The minimum Gasteiger partial charge on any atom is -0.469 e. The number of ether oxygens (including phenoxy) is 1. The number of benzene rings is 1. The van der Waals surface area contributed by atoms with Crippen LogP contribution < -0.4 is 11.5 Å². The molecule has 0 atom stereocenters. The molecule has 0 saturated carbocycles. The van der Waals surface area contributed by atoms with Crippen LogP contribution in [0.3, 0.4) is 0 Å². The third-order valence-corrected chi connectivity index (χ3v) is 6.26. The van der Waals surface area contributed by atoms with Gasteiger partial charge < -0.3 is 16.2 Å². The van der Waals surface area contributed by atoms with Crippen LogP contribution in [0.2, 0.25) is 5.15 Å². The molecule has 0 fully saturated rings. The average molecular weight is 423 g/mol. The quantitative estimate of drug-likeness (QED) is 0.354. The van der Waals surface area contributed by atoms with Crippen molar-refractivity contribution in [3.05, 3.63) is 47.2 Å². The summed E-state index contributed by atoms with van der Waals surface area (Å²) in [5, 5.41) is 0.250. The molecule has 148 valence electrons. The number of carbonyl (C=O) groups is 1. The number of aromatic nitrogens is 2. The summed E-state index contributed by atoms with van der Waals surface area (Å²) in [5.74, 6) is -0.363. The predicted octanol–water partition coefficient (Wildman–Crippen LogP) is 2.59. The van der Waals surface area contributed by atoms with E-state index in [0.717, 1.165) is 0 Å². The predicted molar refractivity (Wildman–Crippen MR) is 108 cm³/mol. The lowest BCUT2D eigenvalue weighted by atomic mass is 10.2. The molecule has 2 aromatic heterocycles. The highest BCUT2D eigenvalue weighted by atomic mass is 35.5. The van der Waals surface area contributed by atoms with Crippen molar-refractivity contribution >= 4 is 50.0 Å². The van der Waals surface area contributed by atoms with E-state index in [2.05, 4.69) is 9.72 Å². The van der Waals surface area contributed by atoms with Gasteiger partial charge in [-0.1, -0.05) is 11.6 Å². The van der Waals surface area contributed by atoms with Crippen LogP contribution >= 0.6 is 11.6 Å². The van der Waals surface area contributed by atoms with E-state index < -0.39 is 10.0 Å². The van der Waals surface area contributed by atoms with E-state index in [1.165, 1.54) is 35.3 Å². The van der Waals surface area contributed by atoms with Crippen molar-refractivity contribution in [2.45, 2.75) is 24.2 Å². The summed E-state index contributed by atoms with van der Waals surface area (Å²) in [6.45, 7) is 0. The highest BCUT2D eigenvalue weighted by Gasteiger charge is 2.24. The molecule has 8 nitrogen and oxygen atoms in total. The van der Waals surface area contributed by atoms with E-state index >= 15 is 0 Å². The second kappa shape index (κ2) is 7.69. The van der Waals surface area contributed by atoms with Gasteiger partial charge in [-0.3, -0.25) is 4.79 Å². The van der Waals surface area contributed by atoms with Crippen molar-refractivity contribution in [2.24, 2.45) is 0 Å². The second-order valence-electron chi connectivity index (χ2n) is 6.16. The highest BCUT2D eigenvalue weighted by molar-refractivity contribution is 7.90. The third-order valence-electron chi connectivity index (χ3n) is 4.29. The summed E-state index contributed by atoms with van der Waals surface area (Å²) in [6, 6.07) is 8.92. The molecular weight excluding hydrogens is 404 g/mol. The van der Waals surface area contributed by atoms with E-state index in [4.69, 9.17) is 23.1 Å². The van der Waals surface area contributed by atoms with Crippen molar-refractivity contribution in [2.75, 3.05) is 18.6 Å². The number of hydrogen-bond donors (Lipinski definition) is 2. The van der Waals surface area contributed by atoms with Crippen molar-refractivity contribution in [1.82, 2.24) is 8.96 Å². The van der Waals surface area contributed by atoms with Gasteiger partial charge in [0.05, 0.1) is 34.4 Å². The van der Waals surface area contributed by atoms with Crippen LogP contribution in [-0.4, -0.2) is 30.5 Å². The first kappa shape index (κ1) is 20.0. The molecule has 2 heterocycles. The first-order valence-electron chi connectivity index (χ1n) is 8.38. The van der Waals surface area contributed by atoms with Crippen LogP contribution in [0.4, 0.5) is 11.4 Å². The second-order valence-corrected chi connectivity index (χ2v) is 8.34. The number of nitrogen functional groups attached to an aromatic ring is 2. The lowest BCUT2D eigenvalue weighted by Crippen LogP contribution is -2.16. The smallest absolute Gasteiger partial charge is 0.305 e. The number of hydrogen-bond acceptors (Lipinski definition) is 7.